The first-order chi connectivity index (χ1) is 8.71. The van der Waals surface area contributed by atoms with E-state index in [-0.39, 0.29) is 12.4 Å². The van der Waals surface area contributed by atoms with Gasteiger partial charge >= 0.3 is 0 Å². The lowest BCUT2D eigenvalue weighted by Crippen LogP contribution is -2.22. The highest BCUT2D eigenvalue weighted by molar-refractivity contribution is 5.85. The van der Waals surface area contributed by atoms with Crippen molar-refractivity contribution < 1.29 is 9.47 Å². The van der Waals surface area contributed by atoms with Crippen molar-refractivity contribution in [2.45, 2.75) is 26.2 Å². The number of hydrogen-bond donors (Lipinski definition) is 0. The molecule has 0 bridgehead atoms. The smallest absolute Gasteiger partial charge is 0.160 e. The molecule has 0 fully saturated rings. The number of nitrogens with zero attached hydrogens (tertiary/aromatic N) is 1. The molecule has 0 saturated carbocycles. The summed E-state index contributed by atoms with van der Waals surface area (Å²) in [5.41, 5.74) is 1.29. The minimum absolute atomic E-state index is 0. The normalized spacial score (nSPS) is 10.2. The number of halogens is 1. The first-order valence-corrected chi connectivity index (χ1v) is 6.60. The van der Waals surface area contributed by atoms with Crippen molar-refractivity contribution in [3.05, 3.63) is 23.8 Å². The molecule has 0 radical (unpaired) electrons. The average molecular weight is 288 g/mol. The molecule has 0 aliphatic carbocycles. The molecule has 0 heterocycles. The summed E-state index contributed by atoms with van der Waals surface area (Å²) in [6.07, 6.45) is 3.56. The summed E-state index contributed by atoms with van der Waals surface area (Å²) >= 11 is 0. The van der Waals surface area contributed by atoms with E-state index in [4.69, 9.17) is 9.47 Å². The molecule has 0 atom stereocenters. The van der Waals surface area contributed by atoms with E-state index >= 15 is 0 Å². The van der Waals surface area contributed by atoms with Gasteiger partial charge in [0, 0.05) is 6.54 Å². The Kier molecular flexibility index (Phi) is 9.44. The summed E-state index contributed by atoms with van der Waals surface area (Å²) in [5.74, 6) is 1.60. The van der Waals surface area contributed by atoms with E-state index in [0.717, 1.165) is 24.5 Å². The molecule has 1 aromatic rings. The molecule has 4 heteroatoms. The first kappa shape index (κ1) is 18.1. The van der Waals surface area contributed by atoms with Crippen LogP contribution in [0.4, 0.5) is 0 Å². The third-order valence-electron chi connectivity index (χ3n) is 3.12. The molecule has 0 aromatic heterocycles. The SMILES string of the molecule is CCCCN(C)CCc1ccc(OC)c(OC)c1.Cl. The van der Waals surface area contributed by atoms with Crippen LogP contribution in [0.25, 0.3) is 0 Å². The van der Waals surface area contributed by atoms with E-state index in [2.05, 4.69) is 31.0 Å². The van der Waals surface area contributed by atoms with Crippen molar-refractivity contribution in [1.29, 1.82) is 0 Å². The van der Waals surface area contributed by atoms with Crippen LogP contribution in [0.5, 0.6) is 11.5 Å². The molecule has 0 unspecified atom stereocenters. The third kappa shape index (κ3) is 6.17. The highest BCUT2D eigenvalue weighted by Crippen LogP contribution is 2.27. The Labute approximate surface area is 123 Å². The molecule has 0 aliphatic rings. The largest absolute Gasteiger partial charge is 0.493 e. The maximum absolute atomic E-state index is 5.31. The summed E-state index contributed by atoms with van der Waals surface area (Å²) in [5, 5.41) is 0. The number of benzene rings is 1. The number of unbranched alkanes of at least 4 members (excludes halogenated alkanes) is 1. The second-order valence-corrected chi connectivity index (χ2v) is 4.60. The molecule has 0 spiro atoms. The summed E-state index contributed by atoms with van der Waals surface area (Å²) in [7, 11) is 5.52. The van der Waals surface area contributed by atoms with Crippen LogP contribution in [0, 0.1) is 0 Å². The first-order valence-electron chi connectivity index (χ1n) is 6.60. The molecule has 0 N–H and O–H groups in total. The lowest BCUT2D eigenvalue weighted by atomic mass is 10.1. The van der Waals surface area contributed by atoms with E-state index in [1.165, 1.54) is 24.9 Å². The Hall–Kier alpha value is -0.930. The van der Waals surface area contributed by atoms with Crippen LogP contribution in [0.1, 0.15) is 25.3 Å². The predicted octanol–water partition coefficient (Wildman–Crippen LogP) is 3.40. The van der Waals surface area contributed by atoms with Crippen molar-refractivity contribution in [2.75, 3.05) is 34.4 Å². The third-order valence-corrected chi connectivity index (χ3v) is 3.12. The molecule has 0 amide bonds. The molecule has 110 valence electrons. The predicted molar refractivity (Wildman–Crippen MR) is 82.9 cm³/mol. The van der Waals surface area contributed by atoms with Gasteiger partial charge in [-0.05, 0) is 44.1 Å². The fraction of sp³-hybridized carbons (Fsp3) is 0.600. The van der Waals surface area contributed by atoms with Gasteiger partial charge in [0.15, 0.2) is 11.5 Å². The number of hydrogen-bond acceptors (Lipinski definition) is 3. The fourth-order valence-corrected chi connectivity index (χ4v) is 1.90. The minimum Gasteiger partial charge on any atom is -0.493 e. The topological polar surface area (TPSA) is 21.7 Å². The second-order valence-electron chi connectivity index (χ2n) is 4.60. The minimum atomic E-state index is 0. The Bertz CT molecular complexity index is 358. The molecule has 3 nitrogen and oxygen atoms in total. The van der Waals surface area contributed by atoms with Crippen molar-refractivity contribution in [3.63, 3.8) is 0 Å². The van der Waals surface area contributed by atoms with Crippen LogP contribution >= 0.6 is 12.4 Å². The molecule has 19 heavy (non-hydrogen) atoms. The number of likely N-dealkylation sites (N-methyl/N-ethyl adjacent to an activating group) is 1. The van der Waals surface area contributed by atoms with Gasteiger partial charge in [0.1, 0.15) is 0 Å². The van der Waals surface area contributed by atoms with Gasteiger partial charge in [-0.15, -0.1) is 12.4 Å². The van der Waals surface area contributed by atoms with Crippen LogP contribution in [0.3, 0.4) is 0 Å². The number of ether oxygens (including phenoxy) is 2. The highest BCUT2D eigenvalue weighted by Gasteiger charge is 2.05. The van der Waals surface area contributed by atoms with Crippen LogP contribution in [0.2, 0.25) is 0 Å². The molecule has 0 aliphatic heterocycles. The van der Waals surface area contributed by atoms with Gasteiger partial charge < -0.3 is 14.4 Å². The maximum atomic E-state index is 5.31. The molecule has 1 rings (SSSR count). The zero-order chi connectivity index (χ0) is 13.4. The Morgan fingerprint density at radius 2 is 1.74 bits per heavy atom. The molecule has 1 aromatic carbocycles. The van der Waals surface area contributed by atoms with Gasteiger partial charge in [0.05, 0.1) is 14.2 Å². The van der Waals surface area contributed by atoms with E-state index < -0.39 is 0 Å². The fourth-order valence-electron chi connectivity index (χ4n) is 1.90. The quantitative estimate of drug-likeness (QED) is 0.731. The molecular formula is C15H26ClNO2. The second kappa shape index (κ2) is 9.93. The Balaban J connectivity index is 0.00000324. The summed E-state index contributed by atoms with van der Waals surface area (Å²) < 4.78 is 10.5. The van der Waals surface area contributed by atoms with Gasteiger partial charge in [0.2, 0.25) is 0 Å². The van der Waals surface area contributed by atoms with Gasteiger partial charge in [-0.2, -0.15) is 0 Å². The zero-order valence-corrected chi connectivity index (χ0v) is 13.3. The van der Waals surface area contributed by atoms with Gasteiger partial charge in [0.25, 0.3) is 0 Å². The summed E-state index contributed by atoms with van der Waals surface area (Å²) in [6.45, 7) is 4.47. The maximum Gasteiger partial charge on any atom is 0.160 e. The molecular weight excluding hydrogens is 262 g/mol. The standard InChI is InChI=1S/C15H25NO2.ClH/c1-5-6-10-16(2)11-9-13-7-8-14(17-3)15(12-13)18-4;/h7-8,12H,5-6,9-11H2,1-4H3;1H. The van der Waals surface area contributed by atoms with Crippen LogP contribution < -0.4 is 9.47 Å². The Morgan fingerprint density at radius 3 is 2.32 bits per heavy atom. The van der Waals surface area contributed by atoms with E-state index in [1.54, 1.807) is 14.2 Å². The Morgan fingerprint density at radius 1 is 1.05 bits per heavy atom. The molecule has 0 saturated heterocycles. The van der Waals surface area contributed by atoms with E-state index in [0.29, 0.717) is 0 Å². The summed E-state index contributed by atoms with van der Waals surface area (Å²) in [4.78, 5) is 2.38. The zero-order valence-electron chi connectivity index (χ0n) is 12.4. The van der Waals surface area contributed by atoms with Crippen molar-refractivity contribution in [1.82, 2.24) is 4.90 Å². The van der Waals surface area contributed by atoms with Gasteiger partial charge in [-0.1, -0.05) is 19.4 Å². The van der Waals surface area contributed by atoms with Crippen molar-refractivity contribution >= 4 is 12.4 Å². The van der Waals surface area contributed by atoms with Crippen LogP contribution in [0.15, 0.2) is 18.2 Å². The van der Waals surface area contributed by atoms with Crippen LogP contribution in [-0.4, -0.2) is 39.3 Å². The van der Waals surface area contributed by atoms with E-state index in [9.17, 15) is 0 Å². The number of methoxy groups -OCH3 is 2. The highest BCUT2D eigenvalue weighted by atomic mass is 35.5. The number of rotatable bonds is 8. The van der Waals surface area contributed by atoms with Crippen LogP contribution in [-0.2, 0) is 6.42 Å². The van der Waals surface area contributed by atoms with Crippen molar-refractivity contribution in [2.24, 2.45) is 0 Å². The van der Waals surface area contributed by atoms with Crippen molar-refractivity contribution in [3.8, 4) is 11.5 Å². The average Bonchev–Trinajstić information content (AvgIpc) is 2.42. The lowest BCUT2D eigenvalue weighted by Gasteiger charge is -2.16. The lowest BCUT2D eigenvalue weighted by molar-refractivity contribution is 0.331. The monoisotopic (exact) mass is 287 g/mol. The van der Waals surface area contributed by atoms with E-state index in [1.807, 2.05) is 6.07 Å². The summed E-state index contributed by atoms with van der Waals surface area (Å²) in [6, 6.07) is 6.14. The van der Waals surface area contributed by atoms with Gasteiger partial charge in [-0.25, -0.2) is 0 Å². The van der Waals surface area contributed by atoms with Gasteiger partial charge in [-0.3, -0.25) is 0 Å².